The second-order valence-electron chi connectivity index (χ2n) is 6.64. The molecule has 0 unspecified atom stereocenters. The Balaban J connectivity index is 1.42. The maximum absolute atomic E-state index is 12.9. The Labute approximate surface area is 180 Å². The molecule has 0 spiro atoms. The van der Waals surface area contributed by atoms with Gasteiger partial charge in [-0.25, -0.2) is 4.39 Å². The minimum atomic E-state index is -0.466. The lowest BCUT2D eigenvalue weighted by atomic mass is 10.1. The first-order valence-electron chi connectivity index (χ1n) is 9.32. The second kappa shape index (κ2) is 8.97. The molecule has 1 aliphatic rings. The summed E-state index contributed by atoms with van der Waals surface area (Å²) in [6.45, 7) is 0.458. The number of amides is 1. The molecule has 2 aromatic carbocycles. The van der Waals surface area contributed by atoms with Crippen LogP contribution < -0.4 is 5.32 Å². The van der Waals surface area contributed by atoms with E-state index in [-0.39, 0.29) is 17.4 Å². The van der Waals surface area contributed by atoms with Gasteiger partial charge in [-0.05, 0) is 48.0 Å². The number of hydrogen-bond donors (Lipinski definition) is 1. The number of nitrogens with zero attached hydrogens (tertiary/aromatic N) is 2. The number of nitro benzene ring substituents is 1. The van der Waals surface area contributed by atoms with Crippen molar-refractivity contribution in [2.45, 2.75) is 6.42 Å². The number of non-ortho nitro benzene ring substituents is 1. The Morgan fingerprint density at radius 1 is 1.16 bits per heavy atom. The molecule has 2 heterocycles. The number of thioether (sulfide) groups is 1. The molecule has 1 N–H and O–H groups in total. The highest BCUT2D eigenvalue weighted by atomic mass is 32.2. The van der Waals surface area contributed by atoms with Crippen LogP contribution >= 0.6 is 11.8 Å². The van der Waals surface area contributed by atoms with Crippen molar-refractivity contribution in [2.75, 3.05) is 6.54 Å². The van der Waals surface area contributed by atoms with Crippen LogP contribution in [0.15, 0.2) is 75.0 Å². The Hall–Kier alpha value is -3.72. The number of carbonyl (C=O) groups is 1. The van der Waals surface area contributed by atoms with Gasteiger partial charge in [-0.15, -0.1) is 0 Å². The standard InChI is InChI=1S/C22H16FN3O4S/c23-16-6-4-14(5-7-16)10-11-24-22-25-21(27)20(31-22)13-18-8-9-19(30-18)15-2-1-3-17(12-15)26(28)29/h1-9,12-13H,10-11H2,(H,24,25,27)/b20-13-. The molecular formula is C22H16FN3O4S. The van der Waals surface area contributed by atoms with E-state index in [1.807, 2.05) is 0 Å². The number of nitrogens with one attached hydrogen (secondary N) is 1. The summed E-state index contributed by atoms with van der Waals surface area (Å²) in [7, 11) is 0. The number of aliphatic imine (C=N–C) groups is 1. The normalized spacial score (nSPS) is 16.1. The Bertz CT molecular complexity index is 1200. The molecule has 7 nitrogen and oxygen atoms in total. The SMILES string of the molecule is O=C1NC(=NCCc2ccc(F)cc2)S/C1=C\c1ccc(-c2cccc([N+](=O)[O-])c2)o1. The molecule has 31 heavy (non-hydrogen) atoms. The van der Waals surface area contributed by atoms with E-state index in [0.29, 0.717) is 40.1 Å². The molecule has 1 amide bonds. The fourth-order valence-electron chi connectivity index (χ4n) is 2.93. The highest BCUT2D eigenvalue weighted by Gasteiger charge is 2.24. The van der Waals surface area contributed by atoms with Gasteiger partial charge >= 0.3 is 0 Å². The Kier molecular flexibility index (Phi) is 5.94. The van der Waals surface area contributed by atoms with Crippen LogP contribution in [0.1, 0.15) is 11.3 Å². The van der Waals surface area contributed by atoms with Crippen molar-refractivity contribution in [3.63, 3.8) is 0 Å². The molecule has 9 heteroatoms. The van der Waals surface area contributed by atoms with Crippen LogP contribution in [-0.4, -0.2) is 22.5 Å². The summed E-state index contributed by atoms with van der Waals surface area (Å²) in [5.74, 6) is 0.354. The van der Waals surface area contributed by atoms with Gasteiger partial charge in [0.05, 0.1) is 9.83 Å². The van der Waals surface area contributed by atoms with Crippen LogP contribution in [-0.2, 0) is 11.2 Å². The smallest absolute Gasteiger partial charge is 0.270 e. The van der Waals surface area contributed by atoms with Crippen LogP contribution in [0.4, 0.5) is 10.1 Å². The number of halogens is 1. The van der Waals surface area contributed by atoms with Gasteiger partial charge in [-0.3, -0.25) is 19.9 Å². The van der Waals surface area contributed by atoms with Crippen LogP contribution in [0.25, 0.3) is 17.4 Å². The topological polar surface area (TPSA) is 97.7 Å². The number of nitro groups is 1. The van der Waals surface area contributed by atoms with Gasteiger partial charge in [-0.2, -0.15) is 0 Å². The van der Waals surface area contributed by atoms with Gasteiger partial charge in [0.15, 0.2) is 5.17 Å². The van der Waals surface area contributed by atoms with Gasteiger partial charge < -0.3 is 9.73 Å². The van der Waals surface area contributed by atoms with Gasteiger partial charge in [0.2, 0.25) is 0 Å². The van der Waals surface area contributed by atoms with Crippen molar-refractivity contribution in [3.05, 3.63) is 92.8 Å². The molecule has 3 aromatic rings. The zero-order chi connectivity index (χ0) is 21.8. The molecule has 0 radical (unpaired) electrons. The summed E-state index contributed by atoms with van der Waals surface area (Å²) in [6.07, 6.45) is 2.23. The van der Waals surface area contributed by atoms with E-state index >= 15 is 0 Å². The first-order chi connectivity index (χ1) is 15.0. The van der Waals surface area contributed by atoms with Gasteiger partial charge in [0, 0.05) is 30.3 Å². The molecule has 0 aliphatic carbocycles. The molecule has 1 aliphatic heterocycles. The van der Waals surface area contributed by atoms with E-state index in [0.717, 1.165) is 5.56 Å². The van der Waals surface area contributed by atoms with Gasteiger partial charge in [0.25, 0.3) is 11.6 Å². The van der Waals surface area contributed by atoms with E-state index in [1.165, 1.54) is 36.0 Å². The average Bonchev–Trinajstić information content (AvgIpc) is 3.36. The van der Waals surface area contributed by atoms with E-state index in [9.17, 15) is 19.3 Å². The predicted octanol–water partition coefficient (Wildman–Crippen LogP) is 4.80. The molecule has 0 atom stereocenters. The fraction of sp³-hybridized carbons (Fsp3) is 0.0909. The minimum absolute atomic E-state index is 0.0268. The van der Waals surface area contributed by atoms with Gasteiger partial charge in [-0.1, -0.05) is 24.3 Å². The van der Waals surface area contributed by atoms with E-state index in [4.69, 9.17) is 4.42 Å². The zero-order valence-corrected chi connectivity index (χ0v) is 16.9. The number of hydrogen-bond acceptors (Lipinski definition) is 6. The summed E-state index contributed by atoms with van der Waals surface area (Å²) in [5, 5.41) is 14.1. The fourth-order valence-corrected chi connectivity index (χ4v) is 3.75. The molecule has 1 fully saturated rings. The number of amidine groups is 1. The summed E-state index contributed by atoms with van der Waals surface area (Å²) in [6, 6.07) is 15.7. The van der Waals surface area contributed by atoms with Crippen molar-refractivity contribution in [2.24, 2.45) is 4.99 Å². The molecule has 0 bridgehead atoms. The van der Waals surface area contributed by atoms with E-state index in [2.05, 4.69) is 10.3 Å². The van der Waals surface area contributed by atoms with Crippen LogP contribution in [0.2, 0.25) is 0 Å². The first kappa shape index (κ1) is 20.5. The minimum Gasteiger partial charge on any atom is -0.457 e. The van der Waals surface area contributed by atoms with Crippen molar-refractivity contribution in [3.8, 4) is 11.3 Å². The predicted molar refractivity (Wildman–Crippen MR) is 117 cm³/mol. The first-order valence-corrected chi connectivity index (χ1v) is 10.1. The summed E-state index contributed by atoms with van der Waals surface area (Å²) in [5.41, 5.74) is 1.51. The molecule has 4 rings (SSSR count). The summed E-state index contributed by atoms with van der Waals surface area (Å²) in [4.78, 5) is 27.5. The number of furan rings is 1. The Morgan fingerprint density at radius 3 is 2.74 bits per heavy atom. The third kappa shape index (κ3) is 5.07. The van der Waals surface area contributed by atoms with Crippen molar-refractivity contribution in [1.82, 2.24) is 5.32 Å². The largest absolute Gasteiger partial charge is 0.457 e. The quantitative estimate of drug-likeness (QED) is 0.339. The summed E-state index contributed by atoms with van der Waals surface area (Å²) < 4.78 is 18.7. The molecule has 1 aromatic heterocycles. The number of benzene rings is 2. The van der Waals surface area contributed by atoms with Crippen LogP contribution in [0.3, 0.4) is 0 Å². The van der Waals surface area contributed by atoms with Gasteiger partial charge in [0.1, 0.15) is 17.3 Å². The molecular weight excluding hydrogens is 421 g/mol. The monoisotopic (exact) mass is 437 g/mol. The third-order valence-electron chi connectivity index (χ3n) is 4.46. The summed E-state index contributed by atoms with van der Waals surface area (Å²) >= 11 is 1.20. The Morgan fingerprint density at radius 2 is 1.97 bits per heavy atom. The maximum Gasteiger partial charge on any atom is 0.270 e. The van der Waals surface area contributed by atoms with Crippen molar-refractivity contribution < 1.29 is 18.5 Å². The lowest BCUT2D eigenvalue weighted by Gasteiger charge is -1.99. The zero-order valence-electron chi connectivity index (χ0n) is 16.1. The molecule has 156 valence electrons. The maximum atomic E-state index is 12.9. The van der Waals surface area contributed by atoms with Crippen molar-refractivity contribution >= 4 is 34.6 Å². The second-order valence-corrected chi connectivity index (χ2v) is 7.67. The van der Waals surface area contributed by atoms with Crippen LogP contribution in [0.5, 0.6) is 0 Å². The molecule has 1 saturated heterocycles. The lowest BCUT2D eigenvalue weighted by molar-refractivity contribution is -0.384. The van der Waals surface area contributed by atoms with Crippen LogP contribution in [0, 0.1) is 15.9 Å². The van der Waals surface area contributed by atoms with E-state index in [1.54, 1.807) is 42.5 Å². The average molecular weight is 437 g/mol. The highest BCUT2D eigenvalue weighted by Crippen LogP contribution is 2.30. The third-order valence-corrected chi connectivity index (χ3v) is 5.41. The molecule has 0 saturated carbocycles. The van der Waals surface area contributed by atoms with E-state index < -0.39 is 4.92 Å². The lowest BCUT2D eigenvalue weighted by Crippen LogP contribution is -2.20. The highest BCUT2D eigenvalue weighted by molar-refractivity contribution is 8.18. The number of carbonyl (C=O) groups excluding carboxylic acids is 1. The number of rotatable bonds is 6. The van der Waals surface area contributed by atoms with Crippen molar-refractivity contribution in [1.29, 1.82) is 0 Å².